The fourth-order valence-electron chi connectivity index (χ4n) is 0.123. The van der Waals surface area contributed by atoms with Gasteiger partial charge < -0.3 is 5.11 Å². The van der Waals surface area contributed by atoms with Gasteiger partial charge in [-0.25, -0.2) is 4.79 Å². The van der Waals surface area contributed by atoms with Gasteiger partial charge in [0.05, 0.1) is 0 Å². The first-order chi connectivity index (χ1) is 3.18. The van der Waals surface area contributed by atoms with Crippen LogP contribution in [0.2, 0.25) is 0 Å². The van der Waals surface area contributed by atoms with Crippen LogP contribution in [0.5, 0.6) is 0 Å². The van der Waals surface area contributed by atoms with Crippen LogP contribution in [-0.4, -0.2) is 36.9 Å². The van der Waals surface area contributed by atoms with Crippen molar-refractivity contribution in [3.63, 3.8) is 0 Å². The number of carboxylic acid groups (broad SMARTS) is 1. The maximum atomic E-state index is 9.73. The molecule has 0 fully saturated rings. The van der Waals surface area contributed by atoms with Gasteiger partial charge in [0, 0.05) is 25.8 Å². The number of carboxylic acids is 1. The molecule has 4 heteroatoms. The molecule has 0 aliphatic carbocycles. The molecular weight excluding hydrogens is 230 g/mol. The Labute approximate surface area is 71.3 Å². The summed E-state index contributed by atoms with van der Waals surface area (Å²) in [6, 6.07) is 0. The molecule has 2 nitrogen and oxygen atoms in total. The van der Waals surface area contributed by atoms with Crippen LogP contribution in [0.1, 0.15) is 6.92 Å². The summed E-state index contributed by atoms with van der Waals surface area (Å²) < 4.78 is 0. The Morgan fingerprint density at radius 3 is 2.12 bits per heavy atom. The van der Waals surface area contributed by atoms with Crippen molar-refractivity contribution in [3.8, 4) is 0 Å². The molecule has 0 rings (SSSR count). The van der Waals surface area contributed by atoms with Gasteiger partial charge in [0.2, 0.25) is 0 Å². The zero-order chi connectivity index (χ0) is 5.86. The molecule has 3 radical (unpaired) electrons. The molecule has 0 bridgehead atoms. The number of rotatable bonds is 1. The molecule has 8 heavy (non-hydrogen) atoms. The molecule has 0 atom stereocenters. The second-order valence-corrected chi connectivity index (χ2v) is 1.35. The van der Waals surface area contributed by atoms with Gasteiger partial charge in [-0.1, -0.05) is 17.7 Å². The summed E-state index contributed by atoms with van der Waals surface area (Å²) in [5.41, 5.74) is 0. The fraction of sp³-hybridized carbons (Fsp3) is 0.250. The minimum atomic E-state index is -1.08. The van der Waals surface area contributed by atoms with Crippen LogP contribution in [0, 0.1) is 0 Å². The quantitative estimate of drug-likeness (QED) is 0.684. The summed E-state index contributed by atoms with van der Waals surface area (Å²) in [5.74, 6) is -1.08. The van der Waals surface area contributed by atoms with E-state index < -0.39 is 5.97 Å². The van der Waals surface area contributed by atoms with E-state index in [-0.39, 0.29) is 30.9 Å². The van der Waals surface area contributed by atoms with Crippen molar-refractivity contribution >= 4 is 43.4 Å². The fourth-order valence-corrected chi connectivity index (χ4v) is 0.123. The molecular formula is C4H5ClInO2. The van der Waals surface area contributed by atoms with E-state index in [1.165, 1.54) is 6.08 Å². The van der Waals surface area contributed by atoms with E-state index in [1.54, 1.807) is 6.92 Å². The van der Waals surface area contributed by atoms with Gasteiger partial charge in [-0.3, -0.25) is 0 Å². The number of hydrogen-bond donors (Lipinski definition) is 1. The second kappa shape index (κ2) is 5.51. The largest absolute Gasteiger partial charge is 0.477 e. The Morgan fingerprint density at radius 2 is 2.12 bits per heavy atom. The minimum Gasteiger partial charge on any atom is -0.477 e. The van der Waals surface area contributed by atoms with Crippen LogP contribution in [-0.2, 0) is 4.79 Å². The monoisotopic (exact) mass is 235 g/mol. The molecule has 0 heterocycles. The first-order valence-corrected chi connectivity index (χ1v) is 2.11. The van der Waals surface area contributed by atoms with Crippen LogP contribution in [0.3, 0.4) is 0 Å². The van der Waals surface area contributed by atoms with E-state index in [1.807, 2.05) is 0 Å². The van der Waals surface area contributed by atoms with Crippen LogP contribution in [0.15, 0.2) is 11.1 Å². The molecule has 0 amide bonds. The topological polar surface area (TPSA) is 37.3 Å². The summed E-state index contributed by atoms with van der Waals surface area (Å²) in [6.07, 6.45) is 1.32. The first-order valence-electron chi connectivity index (χ1n) is 1.73. The molecule has 0 spiro atoms. The van der Waals surface area contributed by atoms with Crippen LogP contribution < -0.4 is 0 Å². The van der Waals surface area contributed by atoms with E-state index >= 15 is 0 Å². The molecule has 0 aromatic rings. The van der Waals surface area contributed by atoms with E-state index in [0.717, 1.165) is 0 Å². The number of halogens is 1. The average molecular weight is 235 g/mol. The normalized spacial score (nSPS) is 10.0. The van der Waals surface area contributed by atoms with Crippen molar-refractivity contribution < 1.29 is 9.90 Å². The summed E-state index contributed by atoms with van der Waals surface area (Å²) in [4.78, 5) is 9.73. The maximum absolute atomic E-state index is 9.73. The van der Waals surface area contributed by atoms with Crippen molar-refractivity contribution in [2.24, 2.45) is 0 Å². The Bertz CT molecular complexity index is 111. The van der Waals surface area contributed by atoms with Crippen LogP contribution in [0.25, 0.3) is 0 Å². The zero-order valence-corrected chi connectivity index (χ0v) is 8.44. The van der Waals surface area contributed by atoms with E-state index in [9.17, 15) is 4.79 Å². The molecule has 1 N–H and O–H groups in total. The van der Waals surface area contributed by atoms with Gasteiger partial charge in [0.1, 0.15) is 5.03 Å². The summed E-state index contributed by atoms with van der Waals surface area (Å²) in [7, 11) is 0. The van der Waals surface area contributed by atoms with Gasteiger partial charge in [0.25, 0.3) is 0 Å². The standard InChI is InChI=1S/C4H5ClO2.In/c1-2-3(5)4(6)7;/h2H,1H3,(H,6,7);. The predicted octanol–water partition coefficient (Wildman–Crippen LogP) is 0.833. The predicted molar refractivity (Wildman–Crippen MR) is 33.0 cm³/mol. The first kappa shape index (κ1) is 11.2. The van der Waals surface area contributed by atoms with Gasteiger partial charge in [0.15, 0.2) is 0 Å². The van der Waals surface area contributed by atoms with Crippen molar-refractivity contribution in [3.05, 3.63) is 11.1 Å². The minimum absolute atomic E-state index is 0. The second-order valence-electron chi connectivity index (χ2n) is 0.942. The van der Waals surface area contributed by atoms with Gasteiger partial charge in [-0.05, 0) is 6.92 Å². The van der Waals surface area contributed by atoms with Gasteiger partial charge in [-0.2, -0.15) is 0 Å². The number of aliphatic carboxylic acids is 1. The SMILES string of the molecule is CC=C(Cl)C(=O)O.[In]. The summed E-state index contributed by atoms with van der Waals surface area (Å²) >= 11 is 5.06. The smallest absolute Gasteiger partial charge is 0.346 e. The molecule has 0 saturated heterocycles. The average Bonchev–Trinajstić information content (AvgIpc) is 1.65. The Morgan fingerprint density at radius 1 is 1.75 bits per heavy atom. The maximum Gasteiger partial charge on any atom is 0.346 e. The van der Waals surface area contributed by atoms with Crippen molar-refractivity contribution in [1.29, 1.82) is 0 Å². The molecule has 0 aromatic carbocycles. The zero-order valence-electron chi connectivity index (χ0n) is 4.39. The van der Waals surface area contributed by atoms with Crippen LogP contribution >= 0.6 is 11.6 Å². The number of carbonyl (C=O) groups is 1. The van der Waals surface area contributed by atoms with E-state index in [0.29, 0.717) is 0 Å². The summed E-state index contributed by atoms with van der Waals surface area (Å²) in [5, 5.41) is 7.84. The van der Waals surface area contributed by atoms with Crippen molar-refractivity contribution in [1.82, 2.24) is 0 Å². The van der Waals surface area contributed by atoms with Gasteiger partial charge >= 0.3 is 5.97 Å². The third-order valence-electron chi connectivity index (χ3n) is 0.458. The van der Waals surface area contributed by atoms with Gasteiger partial charge in [-0.15, -0.1) is 0 Å². The molecule has 0 aliphatic rings. The number of hydrogen-bond acceptors (Lipinski definition) is 1. The van der Waals surface area contributed by atoms with E-state index in [2.05, 4.69) is 0 Å². The molecule has 0 saturated carbocycles. The Hall–Kier alpha value is 0.370. The van der Waals surface area contributed by atoms with Crippen molar-refractivity contribution in [2.75, 3.05) is 0 Å². The molecule has 43 valence electrons. The third kappa shape index (κ3) is 4.53. The summed E-state index contributed by atoms with van der Waals surface area (Å²) in [6.45, 7) is 1.57. The molecule has 0 aliphatic heterocycles. The van der Waals surface area contributed by atoms with Crippen LogP contribution in [0.4, 0.5) is 0 Å². The van der Waals surface area contributed by atoms with Crippen molar-refractivity contribution in [2.45, 2.75) is 6.92 Å². The van der Waals surface area contributed by atoms with E-state index in [4.69, 9.17) is 16.7 Å². The Kier molecular flexibility index (Phi) is 7.71. The Balaban J connectivity index is 0. The molecule has 0 aromatic heterocycles. The third-order valence-corrected chi connectivity index (χ3v) is 0.838. The molecule has 0 unspecified atom stereocenters. The number of allylic oxidation sites excluding steroid dienone is 1.